The number of benzene rings is 2. The summed E-state index contributed by atoms with van der Waals surface area (Å²) in [6, 6.07) is 13.4. The number of hydrogen-bond acceptors (Lipinski definition) is 10. The molecule has 3 saturated heterocycles. The number of aliphatic hydroxyl groups excluding tert-OH is 1. The van der Waals surface area contributed by atoms with E-state index in [-0.39, 0.29) is 62.2 Å². The molecule has 3 amide bonds. The van der Waals surface area contributed by atoms with Gasteiger partial charge in [0.05, 0.1) is 13.2 Å². The SMILES string of the molecule is CN(C)C(=O)C=Cc1ccccc1CN1O[C@@H]2[C@H]3OC(C4CC4)(C4CC4)O[C@H]3[C@H]3C[C@]2(C(=O)NCc2cccc(C(=O)NCCO)c2)[C@@H]1C(=O)O3. The summed E-state index contributed by atoms with van der Waals surface area (Å²) < 4.78 is 19.9. The van der Waals surface area contributed by atoms with Gasteiger partial charge in [0, 0.05) is 57.1 Å². The number of hydroxylamine groups is 2. The van der Waals surface area contributed by atoms with Gasteiger partial charge in [0.15, 0.2) is 11.8 Å². The number of esters is 1. The lowest BCUT2D eigenvalue weighted by molar-refractivity contribution is -0.235. The largest absolute Gasteiger partial charge is 0.458 e. The number of ether oxygens (including phenoxy) is 3. The maximum atomic E-state index is 14.7. The third-order valence-corrected chi connectivity index (χ3v) is 11.2. The van der Waals surface area contributed by atoms with Gasteiger partial charge in [0.2, 0.25) is 11.8 Å². The molecule has 13 nitrogen and oxygen atoms in total. The second-order valence-corrected chi connectivity index (χ2v) is 14.8. The molecular weight excluding hydrogens is 656 g/mol. The summed E-state index contributed by atoms with van der Waals surface area (Å²) in [6.45, 7) is 0.205. The Hall–Kier alpha value is -4.14. The Morgan fingerprint density at radius 2 is 1.75 bits per heavy atom. The van der Waals surface area contributed by atoms with Gasteiger partial charge in [-0.25, -0.2) is 0 Å². The number of nitrogens with zero attached hydrogens (tertiary/aromatic N) is 2. The molecule has 2 aromatic rings. The number of carbonyl (C=O) groups excluding carboxylic acids is 4. The third kappa shape index (κ3) is 5.94. The van der Waals surface area contributed by atoms with Crippen LogP contribution < -0.4 is 10.6 Å². The van der Waals surface area contributed by atoms with Crippen LogP contribution in [0.3, 0.4) is 0 Å². The third-order valence-electron chi connectivity index (χ3n) is 11.2. The van der Waals surface area contributed by atoms with Crippen LogP contribution in [0.2, 0.25) is 0 Å². The van der Waals surface area contributed by atoms with Crippen LogP contribution in [0.15, 0.2) is 54.6 Å². The number of nitrogens with one attached hydrogen (secondary N) is 2. The Morgan fingerprint density at radius 1 is 1.00 bits per heavy atom. The molecule has 3 heterocycles. The van der Waals surface area contributed by atoms with Gasteiger partial charge in [-0.3, -0.25) is 24.0 Å². The van der Waals surface area contributed by atoms with Crippen LogP contribution in [-0.4, -0.2) is 102 Å². The summed E-state index contributed by atoms with van der Waals surface area (Å²) in [7, 11) is 3.36. The minimum Gasteiger partial charge on any atom is -0.458 e. The van der Waals surface area contributed by atoms with Gasteiger partial charge in [-0.15, -0.1) is 0 Å². The van der Waals surface area contributed by atoms with E-state index in [9.17, 15) is 19.2 Å². The molecule has 2 bridgehead atoms. The van der Waals surface area contributed by atoms with Crippen molar-refractivity contribution in [2.75, 3.05) is 27.2 Å². The van der Waals surface area contributed by atoms with E-state index in [2.05, 4.69) is 10.6 Å². The van der Waals surface area contributed by atoms with E-state index in [0.717, 1.165) is 36.8 Å². The van der Waals surface area contributed by atoms with Crippen molar-refractivity contribution in [3.8, 4) is 0 Å². The quantitative estimate of drug-likeness (QED) is 0.221. The van der Waals surface area contributed by atoms with Crippen LogP contribution in [0.1, 0.15) is 59.2 Å². The summed E-state index contributed by atoms with van der Waals surface area (Å²) in [5.41, 5.74) is 1.31. The molecule has 3 aliphatic heterocycles. The van der Waals surface area contributed by atoms with Crippen molar-refractivity contribution in [1.29, 1.82) is 0 Å². The fourth-order valence-corrected chi connectivity index (χ4v) is 8.43. The van der Waals surface area contributed by atoms with Crippen molar-refractivity contribution in [1.82, 2.24) is 20.6 Å². The van der Waals surface area contributed by atoms with E-state index >= 15 is 0 Å². The number of rotatable bonds is 12. The fraction of sp³-hybridized carbons (Fsp3) is 0.526. The smallest absolute Gasteiger partial charge is 0.327 e. The summed E-state index contributed by atoms with van der Waals surface area (Å²) in [6.07, 6.45) is 4.73. The zero-order valence-electron chi connectivity index (χ0n) is 28.8. The minimum atomic E-state index is -1.35. The van der Waals surface area contributed by atoms with Crippen LogP contribution >= 0.6 is 0 Å². The van der Waals surface area contributed by atoms with Crippen molar-refractivity contribution in [2.24, 2.45) is 17.3 Å². The van der Waals surface area contributed by atoms with E-state index < -0.39 is 47.6 Å². The Balaban J connectivity index is 1.12. The van der Waals surface area contributed by atoms with Gasteiger partial charge in [-0.1, -0.05) is 36.4 Å². The number of amides is 3. The Morgan fingerprint density at radius 3 is 2.47 bits per heavy atom. The first-order valence-electron chi connectivity index (χ1n) is 17.9. The van der Waals surface area contributed by atoms with Crippen LogP contribution in [0.25, 0.3) is 6.08 Å². The summed E-state index contributed by atoms with van der Waals surface area (Å²) in [5.74, 6) is -1.66. The fourth-order valence-electron chi connectivity index (χ4n) is 8.43. The molecule has 0 aromatic heterocycles. The first kappa shape index (κ1) is 34.0. The van der Waals surface area contributed by atoms with E-state index in [1.807, 2.05) is 30.3 Å². The second kappa shape index (κ2) is 13.1. The van der Waals surface area contributed by atoms with E-state index in [1.54, 1.807) is 43.4 Å². The monoisotopic (exact) mass is 700 g/mol. The summed E-state index contributed by atoms with van der Waals surface area (Å²) >= 11 is 0. The molecule has 6 aliphatic rings. The lowest BCUT2D eigenvalue weighted by Gasteiger charge is -2.48. The average Bonchev–Trinajstić information content (AvgIpc) is 4.08. The van der Waals surface area contributed by atoms with Crippen molar-refractivity contribution >= 4 is 29.8 Å². The van der Waals surface area contributed by atoms with E-state index in [0.29, 0.717) is 11.1 Å². The molecule has 3 aliphatic carbocycles. The van der Waals surface area contributed by atoms with E-state index in [4.69, 9.17) is 24.2 Å². The minimum absolute atomic E-state index is 0.105. The normalized spacial score (nSPS) is 30.5. The standard InChI is InChI=1S/C38H44N4O9/c1-41(2)29(44)15-10-23-7-3-4-8-25(23)21-42-32-35(46)48-28-19-37(32,36(47)40-20-22-6-5-9-24(18-22)34(45)39-16-17-43)33(51-42)31-30(28)49-38(50-31,26-11-12-26)27-13-14-27/h3-10,15,18,26-28,30-33,43H,11-14,16-17,19-21H2,1-2H3,(H,39,45)(H,40,47)/t28-,30+,31+,32+,33-,37+/m1/s1. The highest BCUT2D eigenvalue weighted by atomic mass is 16.8. The van der Waals surface area contributed by atoms with Crippen molar-refractivity contribution in [3.05, 3.63) is 76.9 Å². The highest BCUT2D eigenvalue weighted by Crippen LogP contribution is 2.63. The van der Waals surface area contributed by atoms with Crippen LogP contribution in [0.4, 0.5) is 0 Å². The van der Waals surface area contributed by atoms with Gasteiger partial charge >= 0.3 is 5.97 Å². The van der Waals surface area contributed by atoms with Gasteiger partial charge < -0.3 is 34.9 Å². The Labute approximate surface area is 296 Å². The number of likely N-dealkylation sites (N-methyl/N-ethyl adjacent to an activating group) is 1. The topological polar surface area (TPSA) is 156 Å². The first-order chi connectivity index (χ1) is 24.6. The molecule has 2 aromatic carbocycles. The molecule has 0 unspecified atom stereocenters. The van der Waals surface area contributed by atoms with Gasteiger partial charge in [0.25, 0.3) is 5.91 Å². The van der Waals surface area contributed by atoms with Crippen LogP contribution in [0.5, 0.6) is 0 Å². The first-order valence-corrected chi connectivity index (χ1v) is 17.9. The molecule has 0 spiro atoms. The molecule has 270 valence electrons. The molecule has 13 heteroatoms. The van der Waals surface area contributed by atoms with Crippen LogP contribution in [-0.2, 0) is 46.5 Å². The molecule has 51 heavy (non-hydrogen) atoms. The second-order valence-electron chi connectivity index (χ2n) is 14.8. The molecule has 6 atom stereocenters. The van der Waals surface area contributed by atoms with Crippen molar-refractivity contribution in [3.63, 3.8) is 0 Å². The van der Waals surface area contributed by atoms with Gasteiger partial charge in [-0.2, -0.15) is 5.06 Å². The maximum Gasteiger partial charge on any atom is 0.327 e. The van der Waals surface area contributed by atoms with E-state index in [1.165, 1.54) is 11.0 Å². The van der Waals surface area contributed by atoms with Crippen LogP contribution in [0, 0.1) is 17.3 Å². The highest BCUT2D eigenvalue weighted by Gasteiger charge is 2.78. The molecule has 0 radical (unpaired) electrons. The number of hydrogen-bond donors (Lipinski definition) is 3. The average molecular weight is 701 g/mol. The maximum absolute atomic E-state index is 14.7. The zero-order chi connectivity index (χ0) is 35.5. The Kier molecular flexibility index (Phi) is 8.74. The summed E-state index contributed by atoms with van der Waals surface area (Å²) in [5, 5.41) is 16.4. The molecule has 3 N–H and O–H groups in total. The van der Waals surface area contributed by atoms with Crippen molar-refractivity contribution < 1.29 is 43.3 Å². The molecular formula is C38H44N4O9. The van der Waals surface area contributed by atoms with Gasteiger partial charge in [0.1, 0.15) is 29.8 Å². The molecule has 8 rings (SSSR count). The number of carbonyl (C=O) groups is 4. The highest BCUT2D eigenvalue weighted by molar-refractivity contribution is 5.95. The molecule has 6 fully saturated rings. The number of aliphatic hydroxyl groups is 1. The predicted molar refractivity (Wildman–Crippen MR) is 181 cm³/mol. The van der Waals surface area contributed by atoms with Gasteiger partial charge in [-0.05, 0) is 60.6 Å². The lowest BCUT2D eigenvalue weighted by Crippen LogP contribution is -2.69. The lowest BCUT2D eigenvalue weighted by atomic mass is 9.62. The number of fused-ring (bicyclic) bond motifs is 4. The summed E-state index contributed by atoms with van der Waals surface area (Å²) in [4.78, 5) is 62.0. The predicted octanol–water partition coefficient (Wildman–Crippen LogP) is 1.93. The zero-order valence-corrected chi connectivity index (χ0v) is 28.8. The molecule has 3 saturated carbocycles. The Bertz CT molecular complexity index is 1740. The van der Waals surface area contributed by atoms with Crippen molar-refractivity contribution in [2.45, 2.75) is 81.4 Å².